The average molecular weight is 383 g/mol. The summed E-state index contributed by atoms with van der Waals surface area (Å²) < 4.78 is 0. The molecular formula is C21H16Cl2N2O. The summed E-state index contributed by atoms with van der Waals surface area (Å²) in [6, 6.07) is 23.0. The molecule has 1 N–H and O–H groups in total. The summed E-state index contributed by atoms with van der Waals surface area (Å²) in [5.74, 6) is 0.0000959. The van der Waals surface area contributed by atoms with E-state index in [2.05, 4.69) is 5.32 Å². The van der Waals surface area contributed by atoms with Crippen LogP contribution in [0.4, 0.5) is 5.69 Å². The van der Waals surface area contributed by atoms with Crippen molar-refractivity contribution < 1.29 is 4.79 Å². The Bertz CT molecular complexity index is 959. The van der Waals surface area contributed by atoms with E-state index in [0.717, 1.165) is 11.1 Å². The van der Waals surface area contributed by atoms with Gasteiger partial charge in [-0.25, -0.2) is 0 Å². The lowest BCUT2D eigenvalue weighted by Gasteiger charge is -2.27. The van der Waals surface area contributed by atoms with Crippen molar-refractivity contribution in [3.05, 3.63) is 99.5 Å². The third-order valence-electron chi connectivity index (χ3n) is 4.50. The van der Waals surface area contributed by atoms with Gasteiger partial charge in [-0.05, 0) is 23.8 Å². The molecule has 0 aliphatic carbocycles. The molecule has 0 bridgehead atoms. The fourth-order valence-corrected chi connectivity index (χ4v) is 3.59. The van der Waals surface area contributed by atoms with Crippen LogP contribution in [0, 0.1) is 0 Å². The number of rotatable bonds is 4. The van der Waals surface area contributed by atoms with E-state index in [9.17, 15) is 4.79 Å². The largest absolute Gasteiger partial charge is 0.360 e. The smallest absolute Gasteiger partial charge is 0.256 e. The van der Waals surface area contributed by atoms with Gasteiger partial charge in [-0.2, -0.15) is 0 Å². The second-order valence-electron chi connectivity index (χ2n) is 6.15. The third-order valence-corrected chi connectivity index (χ3v) is 5.32. The van der Waals surface area contributed by atoms with Gasteiger partial charge >= 0.3 is 0 Å². The van der Waals surface area contributed by atoms with Gasteiger partial charge in [0.2, 0.25) is 0 Å². The van der Waals surface area contributed by atoms with Crippen molar-refractivity contribution in [2.24, 2.45) is 0 Å². The molecule has 3 aromatic carbocycles. The Morgan fingerprint density at radius 1 is 0.885 bits per heavy atom. The second kappa shape index (κ2) is 7.02. The molecule has 4 rings (SSSR count). The molecule has 130 valence electrons. The van der Waals surface area contributed by atoms with Crippen LogP contribution in [0.25, 0.3) is 0 Å². The summed E-state index contributed by atoms with van der Waals surface area (Å²) in [7, 11) is 0. The summed E-state index contributed by atoms with van der Waals surface area (Å²) in [6.07, 6.45) is -0.310. The first kappa shape index (κ1) is 17.0. The van der Waals surface area contributed by atoms with Crippen LogP contribution in [0.15, 0.2) is 72.8 Å². The highest BCUT2D eigenvalue weighted by Gasteiger charge is 2.36. The van der Waals surface area contributed by atoms with Crippen LogP contribution in [-0.2, 0) is 6.54 Å². The van der Waals surface area contributed by atoms with Crippen molar-refractivity contribution in [3.63, 3.8) is 0 Å². The summed E-state index contributed by atoms with van der Waals surface area (Å²) in [6.45, 7) is 0.504. The SMILES string of the molecule is O=C1c2ccccc2C(Nc2cccc(Cl)c2Cl)N1Cc1ccccc1. The number of fused-ring (bicyclic) bond motifs is 1. The number of nitrogens with zero attached hydrogens (tertiary/aromatic N) is 1. The lowest BCUT2D eigenvalue weighted by molar-refractivity contribution is 0.0729. The maximum absolute atomic E-state index is 13.0. The molecule has 1 amide bonds. The van der Waals surface area contributed by atoms with E-state index >= 15 is 0 Å². The highest BCUT2D eigenvalue weighted by Crippen LogP contribution is 2.38. The van der Waals surface area contributed by atoms with Gasteiger partial charge in [-0.15, -0.1) is 0 Å². The van der Waals surface area contributed by atoms with Crippen LogP contribution in [-0.4, -0.2) is 10.8 Å². The summed E-state index contributed by atoms with van der Waals surface area (Å²) in [4.78, 5) is 14.8. The van der Waals surface area contributed by atoms with Crippen LogP contribution in [0.5, 0.6) is 0 Å². The minimum atomic E-state index is -0.310. The minimum Gasteiger partial charge on any atom is -0.360 e. The maximum atomic E-state index is 13.0. The molecule has 1 atom stereocenters. The van der Waals surface area contributed by atoms with Gasteiger partial charge in [0, 0.05) is 17.7 Å². The lowest BCUT2D eigenvalue weighted by Crippen LogP contribution is -2.31. The van der Waals surface area contributed by atoms with Crippen molar-refractivity contribution in [1.29, 1.82) is 0 Å². The van der Waals surface area contributed by atoms with E-state index in [-0.39, 0.29) is 12.1 Å². The van der Waals surface area contributed by atoms with Gasteiger partial charge in [0.15, 0.2) is 0 Å². The van der Waals surface area contributed by atoms with Crippen LogP contribution in [0.3, 0.4) is 0 Å². The van der Waals surface area contributed by atoms with E-state index in [0.29, 0.717) is 27.8 Å². The first-order valence-corrected chi connectivity index (χ1v) is 9.05. The van der Waals surface area contributed by atoms with Gasteiger partial charge in [0.25, 0.3) is 5.91 Å². The molecule has 0 spiro atoms. The van der Waals surface area contributed by atoms with Gasteiger partial charge in [-0.3, -0.25) is 4.79 Å². The van der Waals surface area contributed by atoms with E-state index in [1.807, 2.05) is 71.6 Å². The number of anilines is 1. The van der Waals surface area contributed by atoms with E-state index < -0.39 is 0 Å². The lowest BCUT2D eigenvalue weighted by atomic mass is 10.1. The fraction of sp³-hybridized carbons (Fsp3) is 0.0952. The summed E-state index contributed by atoms with van der Waals surface area (Å²) in [5, 5.41) is 4.32. The van der Waals surface area contributed by atoms with Crippen LogP contribution in [0.1, 0.15) is 27.7 Å². The molecule has 0 saturated carbocycles. The quantitative estimate of drug-likeness (QED) is 0.621. The minimum absolute atomic E-state index is 0.0000959. The number of hydrogen-bond donors (Lipinski definition) is 1. The molecule has 0 saturated heterocycles. The topological polar surface area (TPSA) is 32.3 Å². The molecule has 1 heterocycles. The highest BCUT2D eigenvalue weighted by atomic mass is 35.5. The van der Waals surface area contributed by atoms with Crippen molar-refractivity contribution in [1.82, 2.24) is 4.90 Å². The number of benzene rings is 3. The fourth-order valence-electron chi connectivity index (χ4n) is 3.23. The molecule has 3 nitrogen and oxygen atoms in total. The molecule has 0 aromatic heterocycles. The molecule has 1 aliphatic heterocycles. The highest BCUT2D eigenvalue weighted by molar-refractivity contribution is 6.43. The van der Waals surface area contributed by atoms with E-state index in [4.69, 9.17) is 23.2 Å². The Hall–Kier alpha value is -2.49. The van der Waals surface area contributed by atoms with E-state index in [1.54, 1.807) is 6.07 Å². The van der Waals surface area contributed by atoms with Crippen molar-refractivity contribution in [2.45, 2.75) is 12.7 Å². The molecule has 3 aromatic rings. The second-order valence-corrected chi connectivity index (χ2v) is 6.94. The Morgan fingerprint density at radius 3 is 2.42 bits per heavy atom. The first-order chi connectivity index (χ1) is 12.6. The van der Waals surface area contributed by atoms with Gasteiger partial charge < -0.3 is 10.2 Å². The number of halogens is 2. The number of carbonyl (C=O) groups excluding carboxylic acids is 1. The molecule has 0 fully saturated rings. The average Bonchev–Trinajstić information content (AvgIpc) is 2.92. The Morgan fingerprint density at radius 2 is 1.62 bits per heavy atom. The maximum Gasteiger partial charge on any atom is 0.256 e. The monoisotopic (exact) mass is 382 g/mol. The molecule has 26 heavy (non-hydrogen) atoms. The number of amides is 1. The van der Waals surface area contributed by atoms with Crippen molar-refractivity contribution in [2.75, 3.05) is 5.32 Å². The van der Waals surface area contributed by atoms with Crippen molar-refractivity contribution in [3.8, 4) is 0 Å². The van der Waals surface area contributed by atoms with Crippen LogP contribution >= 0.6 is 23.2 Å². The van der Waals surface area contributed by atoms with E-state index in [1.165, 1.54) is 0 Å². The number of carbonyl (C=O) groups is 1. The van der Waals surface area contributed by atoms with Gasteiger partial charge in [0.1, 0.15) is 6.17 Å². The zero-order chi connectivity index (χ0) is 18.1. The zero-order valence-electron chi connectivity index (χ0n) is 13.8. The molecular weight excluding hydrogens is 367 g/mol. The Balaban J connectivity index is 1.72. The van der Waals surface area contributed by atoms with Crippen LogP contribution < -0.4 is 5.32 Å². The standard InChI is InChI=1S/C21H16Cl2N2O/c22-17-11-6-12-18(19(17)23)24-20-15-9-4-5-10-16(15)21(26)25(20)13-14-7-2-1-3-8-14/h1-12,20,24H,13H2. The predicted molar refractivity (Wildman–Crippen MR) is 106 cm³/mol. The number of hydrogen-bond acceptors (Lipinski definition) is 2. The normalized spacial score (nSPS) is 15.8. The number of nitrogens with one attached hydrogen (secondary N) is 1. The van der Waals surface area contributed by atoms with Gasteiger partial charge in [-0.1, -0.05) is 77.8 Å². The predicted octanol–water partition coefficient (Wildman–Crippen LogP) is 5.76. The first-order valence-electron chi connectivity index (χ1n) is 8.29. The summed E-state index contributed by atoms with van der Waals surface area (Å²) in [5.41, 5.74) is 3.41. The Labute approximate surface area is 162 Å². The molecule has 0 radical (unpaired) electrons. The summed E-state index contributed by atoms with van der Waals surface area (Å²) >= 11 is 12.5. The van der Waals surface area contributed by atoms with Crippen molar-refractivity contribution >= 4 is 34.8 Å². The third kappa shape index (κ3) is 3.05. The zero-order valence-corrected chi connectivity index (χ0v) is 15.3. The van der Waals surface area contributed by atoms with Crippen LogP contribution in [0.2, 0.25) is 10.0 Å². The molecule has 1 aliphatic rings. The molecule has 1 unspecified atom stereocenters. The Kier molecular flexibility index (Phi) is 4.58. The van der Waals surface area contributed by atoms with Gasteiger partial charge in [0.05, 0.1) is 15.7 Å². The molecule has 5 heteroatoms.